The quantitative estimate of drug-likeness (QED) is 0.721. The van der Waals surface area contributed by atoms with Crippen molar-refractivity contribution in [3.05, 3.63) is 57.7 Å². The summed E-state index contributed by atoms with van der Waals surface area (Å²) < 4.78 is 0. The van der Waals surface area contributed by atoms with Crippen LogP contribution in [0.2, 0.25) is 10.0 Å². The molecule has 2 heterocycles. The number of piperazine rings is 1. The van der Waals surface area contributed by atoms with Gasteiger partial charge in [-0.1, -0.05) is 43.5 Å². The molecule has 1 unspecified atom stereocenters. The average molecular weight is 449 g/mol. The molecule has 0 bridgehead atoms. The lowest BCUT2D eigenvalue weighted by Gasteiger charge is -2.35. The van der Waals surface area contributed by atoms with Crippen LogP contribution < -0.4 is 10.2 Å². The van der Waals surface area contributed by atoms with Crippen molar-refractivity contribution in [3.63, 3.8) is 0 Å². The highest BCUT2D eigenvalue weighted by molar-refractivity contribution is 6.36. The van der Waals surface area contributed by atoms with Crippen molar-refractivity contribution in [2.45, 2.75) is 20.3 Å². The number of carbonyl (C=O) groups excluding carboxylic acids is 2. The number of anilines is 1. The van der Waals surface area contributed by atoms with Gasteiger partial charge in [-0.25, -0.2) is 4.98 Å². The molecule has 1 aromatic heterocycles. The number of hydrogen-bond acceptors (Lipinski definition) is 4. The summed E-state index contributed by atoms with van der Waals surface area (Å²) in [5.74, 6) is 1.04. The third kappa shape index (κ3) is 5.43. The van der Waals surface area contributed by atoms with Crippen LogP contribution in [0.25, 0.3) is 0 Å². The van der Waals surface area contributed by atoms with E-state index in [9.17, 15) is 9.59 Å². The van der Waals surface area contributed by atoms with E-state index in [1.807, 2.05) is 6.07 Å². The molecule has 2 amide bonds. The van der Waals surface area contributed by atoms with Gasteiger partial charge in [0.1, 0.15) is 5.82 Å². The van der Waals surface area contributed by atoms with Crippen molar-refractivity contribution in [3.8, 4) is 0 Å². The fourth-order valence-electron chi connectivity index (χ4n) is 3.19. The van der Waals surface area contributed by atoms with Crippen LogP contribution in [-0.4, -0.2) is 54.4 Å². The molecule has 0 radical (unpaired) electrons. The molecule has 3 rings (SSSR count). The number of hydrogen-bond donors (Lipinski definition) is 1. The summed E-state index contributed by atoms with van der Waals surface area (Å²) in [5.41, 5.74) is 1.01. The first-order valence-electron chi connectivity index (χ1n) is 10.1. The van der Waals surface area contributed by atoms with Crippen molar-refractivity contribution in [2.75, 3.05) is 37.6 Å². The first kappa shape index (κ1) is 22.4. The molecule has 160 valence electrons. The molecule has 0 saturated carbocycles. The van der Waals surface area contributed by atoms with Gasteiger partial charge in [-0.2, -0.15) is 0 Å². The van der Waals surface area contributed by atoms with E-state index in [0.29, 0.717) is 59.8 Å². The smallest absolute Gasteiger partial charge is 0.255 e. The van der Waals surface area contributed by atoms with Crippen molar-refractivity contribution in [2.24, 2.45) is 5.92 Å². The molecule has 1 N–H and O–H groups in total. The second-order valence-corrected chi connectivity index (χ2v) is 8.38. The van der Waals surface area contributed by atoms with Gasteiger partial charge < -0.3 is 15.1 Å². The summed E-state index contributed by atoms with van der Waals surface area (Å²) >= 11 is 12.1. The Kier molecular flexibility index (Phi) is 7.56. The molecule has 0 spiro atoms. The van der Waals surface area contributed by atoms with E-state index in [2.05, 4.69) is 29.0 Å². The normalized spacial score (nSPS) is 15.1. The fourth-order valence-corrected chi connectivity index (χ4v) is 3.68. The van der Waals surface area contributed by atoms with Crippen LogP contribution in [-0.2, 0) is 0 Å². The van der Waals surface area contributed by atoms with Gasteiger partial charge in [-0.15, -0.1) is 0 Å². The number of halogens is 2. The highest BCUT2D eigenvalue weighted by atomic mass is 35.5. The van der Waals surface area contributed by atoms with Crippen molar-refractivity contribution < 1.29 is 9.59 Å². The molecule has 1 saturated heterocycles. The molecule has 8 heteroatoms. The van der Waals surface area contributed by atoms with Gasteiger partial charge in [0.15, 0.2) is 0 Å². The van der Waals surface area contributed by atoms with E-state index < -0.39 is 0 Å². The SMILES string of the molecule is CCC(C)CNC(=O)c1ccc(N2CCN(C(=O)c3ccc(Cl)cc3Cl)CC2)nc1. The maximum absolute atomic E-state index is 12.7. The highest BCUT2D eigenvalue weighted by Gasteiger charge is 2.24. The fraction of sp³-hybridized carbons (Fsp3) is 0.409. The lowest BCUT2D eigenvalue weighted by atomic mass is 10.1. The molecular weight excluding hydrogens is 423 g/mol. The van der Waals surface area contributed by atoms with E-state index in [0.717, 1.165) is 12.2 Å². The predicted octanol–water partition coefficient (Wildman–Crippen LogP) is 4.13. The summed E-state index contributed by atoms with van der Waals surface area (Å²) in [6.07, 6.45) is 2.63. The van der Waals surface area contributed by atoms with Gasteiger partial charge in [-0.3, -0.25) is 9.59 Å². The standard InChI is InChI=1S/C22H26Cl2N4O2/c1-3-15(2)13-26-21(29)16-4-7-20(25-14-16)27-8-10-28(11-9-27)22(30)18-6-5-17(23)12-19(18)24/h4-7,12,14-15H,3,8-11,13H2,1-2H3,(H,26,29). The van der Waals surface area contributed by atoms with Gasteiger partial charge in [0.05, 0.1) is 16.1 Å². The van der Waals surface area contributed by atoms with Crippen LogP contribution in [0.4, 0.5) is 5.82 Å². The second kappa shape index (κ2) is 10.1. The minimum Gasteiger partial charge on any atom is -0.353 e. The topological polar surface area (TPSA) is 65.5 Å². The molecule has 30 heavy (non-hydrogen) atoms. The van der Waals surface area contributed by atoms with E-state index in [-0.39, 0.29) is 11.8 Å². The van der Waals surface area contributed by atoms with Crippen LogP contribution >= 0.6 is 23.2 Å². The van der Waals surface area contributed by atoms with Gasteiger partial charge in [0.25, 0.3) is 11.8 Å². The molecular formula is C22H26Cl2N4O2. The Hall–Kier alpha value is -2.31. The molecule has 0 aliphatic carbocycles. The molecule has 1 aromatic carbocycles. The van der Waals surface area contributed by atoms with Crippen LogP contribution in [0.1, 0.15) is 41.0 Å². The minimum absolute atomic E-state index is 0.0994. The molecule has 1 fully saturated rings. The van der Waals surface area contributed by atoms with Crippen LogP contribution in [0.5, 0.6) is 0 Å². The monoisotopic (exact) mass is 448 g/mol. The van der Waals surface area contributed by atoms with Crippen molar-refractivity contribution in [1.82, 2.24) is 15.2 Å². The molecule has 6 nitrogen and oxygen atoms in total. The molecule has 1 aliphatic heterocycles. The number of amides is 2. The largest absolute Gasteiger partial charge is 0.353 e. The van der Waals surface area contributed by atoms with E-state index in [4.69, 9.17) is 23.2 Å². The first-order valence-corrected chi connectivity index (χ1v) is 10.9. The molecule has 2 aromatic rings. The Morgan fingerprint density at radius 3 is 2.47 bits per heavy atom. The predicted molar refractivity (Wildman–Crippen MR) is 121 cm³/mol. The number of carbonyl (C=O) groups is 2. The molecule has 1 aliphatic rings. The summed E-state index contributed by atoms with van der Waals surface area (Å²) in [7, 11) is 0. The van der Waals surface area contributed by atoms with E-state index >= 15 is 0 Å². The Labute approximate surface area is 187 Å². The minimum atomic E-state index is -0.107. The Morgan fingerprint density at radius 1 is 1.13 bits per heavy atom. The Morgan fingerprint density at radius 2 is 1.87 bits per heavy atom. The molecule has 1 atom stereocenters. The summed E-state index contributed by atoms with van der Waals surface area (Å²) in [6.45, 7) is 7.31. The lowest BCUT2D eigenvalue weighted by Crippen LogP contribution is -2.49. The van der Waals surface area contributed by atoms with Gasteiger partial charge in [0, 0.05) is 43.9 Å². The second-order valence-electron chi connectivity index (χ2n) is 7.53. The van der Waals surface area contributed by atoms with Gasteiger partial charge >= 0.3 is 0 Å². The maximum Gasteiger partial charge on any atom is 0.255 e. The Bertz CT molecular complexity index is 897. The summed E-state index contributed by atoms with van der Waals surface area (Å²) in [4.78, 5) is 33.3. The zero-order chi connectivity index (χ0) is 21.7. The number of pyridine rings is 1. The Balaban J connectivity index is 1.56. The number of nitrogens with one attached hydrogen (secondary N) is 1. The lowest BCUT2D eigenvalue weighted by molar-refractivity contribution is 0.0746. The van der Waals surface area contributed by atoms with Crippen molar-refractivity contribution in [1.29, 1.82) is 0 Å². The van der Waals surface area contributed by atoms with E-state index in [1.54, 1.807) is 35.4 Å². The van der Waals surface area contributed by atoms with Crippen LogP contribution in [0.15, 0.2) is 36.5 Å². The third-order valence-corrected chi connectivity index (χ3v) is 5.92. The highest BCUT2D eigenvalue weighted by Crippen LogP contribution is 2.23. The van der Waals surface area contributed by atoms with Crippen molar-refractivity contribution >= 4 is 40.8 Å². The number of nitrogens with zero attached hydrogens (tertiary/aromatic N) is 3. The number of aromatic nitrogens is 1. The summed E-state index contributed by atoms with van der Waals surface area (Å²) in [5, 5.41) is 3.80. The zero-order valence-electron chi connectivity index (χ0n) is 17.2. The number of benzene rings is 1. The zero-order valence-corrected chi connectivity index (χ0v) is 18.7. The van der Waals surface area contributed by atoms with E-state index in [1.165, 1.54) is 0 Å². The summed E-state index contributed by atoms with van der Waals surface area (Å²) in [6, 6.07) is 8.55. The maximum atomic E-state index is 12.7. The van der Waals surface area contributed by atoms with Crippen LogP contribution in [0.3, 0.4) is 0 Å². The van der Waals surface area contributed by atoms with Crippen LogP contribution in [0, 0.1) is 5.92 Å². The van der Waals surface area contributed by atoms with Gasteiger partial charge in [0.2, 0.25) is 0 Å². The van der Waals surface area contributed by atoms with Gasteiger partial charge in [-0.05, 0) is 36.2 Å². The number of rotatable bonds is 6. The third-order valence-electron chi connectivity index (χ3n) is 5.37. The average Bonchev–Trinajstić information content (AvgIpc) is 2.77. The first-order chi connectivity index (χ1) is 14.4.